The molecule has 0 aliphatic heterocycles. The van der Waals surface area contributed by atoms with Crippen molar-refractivity contribution in [2.24, 2.45) is 11.0 Å². The molecule has 0 saturated carbocycles. The molecule has 0 aliphatic carbocycles. The van der Waals surface area contributed by atoms with Crippen molar-refractivity contribution in [3.63, 3.8) is 0 Å². The summed E-state index contributed by atoms with van der Waals surface area (Å²) in [7, 11) is -3.89. The second kappa shape index (κ2) is 14.1. The fourth-order valence-corrected chi connectivity index (χ4v) is 5.68. The van der Waals surface area contributed by atoms with Gasteiger partial charge in [0.2, 0.25) is 10.0 Å². The fraction of sp³-hybridized carbons (Fsp3) is 0.273. The Balaban J connectivity index is 1.43. The van der Waals surface area contributed by atoms with Gasteiger partial charge in [-0.15, -0.1) is 0 Å². The van der Waals surface area contributed by atoms with Gasteiger partial charge in [-0.1, -0.05) is 74.0 Å². The number of nitrogens with one attached hydrogen (secondary N) is 2. The first-order valence-electron chi connectivity index (χ1n) is 13.9. The molecule has 0 bridgehead atoms. The fourth-order valence-electron chi connectivity index (χ4n) is 4.47. The molecule has 42 heavy (non-hydrogen) atoms. The standard InChI is InChI=1S/C33H37N3O5S/c1-5-40-32-20-25(15-18-31(32)41-22-27-11-8-10-26-9-6-7-12-29(26)27)21-34-35-33(37)30(19-23(2)3)36-42(38,39)28-16-13-24(4)14-17-28/h6-18,20-21,23,30,36H,5,19,22H2,1-4H3,(H,35,37)/b34-21-/t30-/m0/s1. The molecule has 0 saturated heterocycles. The van der Waals surface area contributed by atoms with E-state index in [0.717, 1.165) is 21.9 Å². The highest BCUT2D eigenvalue weighted by Gasteiger charge is 2.26. The molecule has 2 N–H and O–H groups in total. The largest absolute Gasteiger partial charge is 0.490 e. The van der Waals surface area contributed by atoms with Crippen LogP contribution in [0.3, 0.4) is 0 Å². The van der Waals surface area contributed by atoms with Crippen LogP contribution in [0.1, 0.15) is 43.9 Å². The van der Waals surface area contributed by atoms with Crippen LogP contribution in [-0.2, 0) is 21.4 Å². The molecule has 4 aromatic carbocycles. The number of benzene rings is 4. The van der Waals surface area contributed by atoms with Gasteiger partial charge in [-0.2, -0.15) is 9.82 Å². The van der Waals surface area contributed by atoms with Gasteiger partial charge in [-0.3, -0.25) is 4.79 Å². The first-order valence-corrected chi connectivity index (χ1v) is 15.4. The maximum absolute atomic E-state index is 13.0. The smallest absolute Gasteiger partial charge is 0.258 e. The number of ether oxygens (including phenoxy) is 2. The molecule has 0 spiro atoms. The Morgan fingerprint density at radius 2 is 1.67 bits per heavy atom. The number of hydrazone groups is 1. The second-order valence-corrected chi connectivity index (χ2v) is 12.1. The number of hydrogen-bond acceptors (Lipinski definition) is 6. The summed E-state index contributed by atoms with van der Waals surface area (Å²) in [4.78, 5) is 13.1. The number of sulfonamides is 1. The van der Waals surface area contributed by atoms with Crippen LogP contribution in [0.15, 0.2) is 94.9 Å². The Labute approximate surface area is 247 Å². The van der Waals surface area contributed by atoms with E-state index in [-0.39, 0.29) is 10.8 Å². The average Bonchev–Trinajstić information content (AvgIpc) is 2.96. The highest BCUT2D eigenvalue weighted by molar-refractivity contribution is 7.89. The maximum atomic E-state index is 13.0. The van der Waals surface area contributed by atoms with Gasteiger partial charge in [0, 0.05) is 0 Å². The lowest BCUT2D eigenvalue weighted by molar-refractivity contribution is -0.123. The third-order valence-electron chi connectivity index (χ3n) is 6.57. The van der Waals surface area contributed by atoms with E-state index in [1.54, 1.807) is 24.3 Å². The number of carbonyl (C=O) groups excluding carboxylic acids is 1. The van der Waals surface area contributed by atoms with Gasteiger partial charge in [-0.05, 0) is 78.4 Å². The van der Waals surface area contributed by atoms with Crippen molar-refractivity contribution in [3.8, 4) is 11.5 Å². The van der Waals surface area contributed by atoms with Crippen LogP contribution in [0.5, 0.6) is 11.5 Å². The molecule has 220 valence electrons. The first-order chi connectivity index (χ1) is 20.2. The Morgan fingerprint density at radius 3 is 2.40 bits per heavy atom. The molecule has 4 rings (SSSR count). The number of rotatable bonds is 13. The van der Waals surface area contributed by atoms with Crippen molar-refractivity contribution in [2.75, 3.05) is 6.61 Å². The van der Waals surface area contributed by atoms with Gasteiger partial charge in [0.15, 0.2) is 11.5 Å². The summed E-state index contributed by atoms with van der Waals surface area (Å²) in [5.41, 5.74) is 5.17. The molecule has 1 amide bonds. The molecule has 0 aliphatic rings. The topological polar surface area (TPSA) is 106 Å². The van der Waals surface area contributed by atoms with Gasteiger partial charge in [0.05, 0.1) is 17.7 Å². The molecule has 0 aromatic heterocycles. The molecule has 9 heteroatoms. The molecule has 0 radical (unpaired) electrons. The molecular weight excluding hydrogens is 550 g/mol. The monoisotopic (exact) mass is 587 g/mol. The van der Waals surface area contributed by atoms with Gasteiger partial charge in [0.25, 0.3) is 5.91 Å². The third kappa shape index (κ3) is 8.18. The molecule has 4 aromatic rings. The van der Waals surface area contributed by atoms with Crippen LogP contribution in [-0.4, -0.2) is 33.2 Å². The third-order valence-corrected chi connectivity index (χ3v) is 8.06. The first kappa shape index (κ1) is 30.7. The Hall–Kier alpha value is -4.21. The predicted molar refractivity (Wildman–Crippen MR) is 166 cm³/mol. The van der Waals surface area contributed by atoms with Crippen molar-refractivity contribution in [1.29, 1.82) is 0 Å². The van der Waals surface area contributed by atoms with Crippen LogP contribution < -0.4 is 19.6 Å². The van der Waals surface area contributed by atoms with Gasteiger partial charge in [-0.25, -0.2) is 13.8 Å². The SMILES string of the molecule is CCOc1cc(/C=N\NC(=O)[C@H](CC(C)C)NS(=O)(=O)c2ccc(C)cc2)ccc1OCc1cccc2ccccc12. The van der Waals surface area contributed by atoms with Crippen LogP contribution in [0.25, 0.3) is 10.8 Å². The van der Waals surface area contributed by atoms with E-state index < -0.39 is 22.0 Å². The van der Waals surface area contributed by atoms with E-state index >= 15 is 0 Å². The number of nitrogens with zero attached hydrogens (tertiary/aromatic N) is 1. The van der Waals surface area contributed by atoms with Gasteiger partial charge < -0.3 is 9.47 Å². The predicted octanol–water partition coefficient (Wildman–Crippen LogP) is 5.97. The van der Waals surface area contributed by atoms with E-state index in [0.29, 0.717) is 36.7 Å². The van der Waals surface area contributed by atoms with Crippen molar-refractivity contribution < 1.29 is 22.7 Å². The minimum Gasteiger partial charge on any atom is -0.490 e. The van der Waals surface area contributed by atoms with Crippen molar-refractivity contribution in [3.05, 3.63) is 102 Å². The number of hydrogen-bond donors (Lipinski definition) is 2. The minimum absolute atomic E-state index is 0.0700. The van der Waals surface area contributed by atoms with E-state index in [1.165, 1.54) is 18.3 Å². The van der Waals surface area contributed by atoms with Crippen molar-refractivity contribution >= 4 is 32.9 Å². The molecule has 0 fully saturated rings. The zero-order valence-electron chi connectivity index (χ0n) is 24.3. The average molecular weight is 588 g/mol. The normalized spacial score (nSPS) is 12.5. The second-order valence-electron chi connectivity index (χ2n) is 10.4. The Morgan fingerprint density at radius 1 is 0.929 bits per heavy atom. The van der Waals surface area contributed by atoms with E-state index in [4.69, 9.17) is 9.47 Å². The zero-order chi connectivity index (χ0) is 30.1. The molecule has 8 nitrogen and oxygen atoms in total. The van der Waals surface area contributed by atoms with E-state index in [1.807, 2.05) is 58.0 Å². The van der Waals surface area contributed by atoms with Crippen molar-refractivity contribution in [1.82, 2.24) is 10.1 Å². The van der Waals surface area contributed by atoms with E-state index in [2.05, 4.69) is 33.4 Å². The lowest BCUT2D eigenvalue weighted by atomic mass is 10.0. The van der Waals surface area contributed by atoms with Crippen LogP contribution in [0.4, 0.5) is 0 Å². The van der Waals surface area contributed by atoms with Crippen LogP contribution in [0, 0.1) is 12.8 Å². The molecule has 1 atom stereocenters. The summed E-state index contributed by atoms with van der Waals surface area (Å²) in [5, 5.41) is 6.37. The number of aryl methyl sites for hydroxylation is 1. The van der Waals surface area contributed by atoms with E-state index in [9.17, 15) is 13.2 Å². The lowest BCUT2D eigenvalue weighted by Crippen LogP contribution is -2.46. The maximum Gasteiger partial charge on any atom is 0.258 e. The highest BCUT2D eigenvalue weighted by atomic mass is 32.2. The summed E-state index contributed by atoms with van der Waals surface area (Å²) in [5.74, 6) is 0.668. The summed E-state index contributed by atoms with van der Waals surface area (Å²) in [6.07, 6.45) is 1.79. The van der Waals surface area contributed by atoms with Crippen molar-refractivity contribution in [2.45, 2.75) is 51.7 Å². The highest BCUT2D eigenvalue weighted by Crippen LogP contribution is 2.30. The quantitative estimate of drug-likeness (QED) is 0.148. The van der Waals surface area contributed by atoms with Crippen LogP contribution >= 0.6 is 0 Å². The zero-order valence-corrected chi connectivity index (χ0v) is 25.1. The summed E-state index contributed by atoms with van der Waals surface area (Å²) in [6, 6.07) is 25.2. The summed E-state index contributed by atoms with van der Waals surface area (Å²) < 4.78 is 40.3. The van der Waals surface area contributed by atoms with Crippen LogP contribution in [0.2, 0.25) is 0 Å². The summed E-state index contributed by atoms with van der Waals surface area (Å²) >= 11 is 0. The summed E-state index contributed by atoms with van der Waals surface area (Å²) in [6.45, 7) is 8.43. The van der Waals surface area contributed by atoms with Gasteiger partial charge in [0.1, 0.15) is 12.6 Å². The number of carbonyl (C=O) groups is 1. The Bertz CT molecular complexity index is 1650. The Kier molecular flexibility index (Phi) is 10.3. The number of fused-ring (bicyclic) bond motifs is 1. The minimum atomic E-state index is -3.89. The molecule has 0 heterocycles. The molecular formula is C33H37N3O5S. The number of amides is 1. The van der Waals surface area contributed by atoms with Gasteiger partial charge >= 0.3 is 0 Å². The lowest BCUT2D eigenvalue weighted by Gasteiger charge is -2.19. The molecule has 0 unspecified atom stereocenters.